The van der Waals surface area contributed by atoms with Crippen molar-refractivity contribution in [3.05, 3.63) is 58.9 Å². The summed E-state index contributed by atoms with van der Waals surface area (Å²) in [6.07, 6.45) is 1.78. The van der Waals surface area contributed by atoms with Gasteiger partial charge in [-0.2, -0.15) is 0 Å². The molecule has 3 atom stereocenters. The second-order valence-electron chi connectivity index (χ2n) is 6.55. The van der Waals surface area contributed by atoms with E-state index in [1.807, 2.05) is 34.7 Å². The van der Waals surface area contributed by atoms with Gasteiger partial charge in [-0.1, -0.05) is 41.9 Å². The predicted octanol–water partition coefficient (Wildman–Crippen LogP) is 3.13. The first kappa shape index (κ1) is 17.3. The van der Waals surface area contributed by atoms with E-state index in [1.165, 1.54) is 5.56 Å². The molecule has 2 aliphatic heterocycles. The molecule has 1 aromatic carbocycles. The fourth-order valence-electron chi connectivity index (χ4n) is 4.09. The van der Waals surface area contributed by atoms with Crippen LogP contribution in [-0.4, -0.2) is 35.0 Å². The van der Waals surface area contributed by atoms with Gasteiger partial charge in [0.15, 0.2) is 0 Å². The van der Waals surface area contributed by atoms with Crippen LogP contribution in [0.1, 0.15) is 22.1 Å². The summed E-state index contributed by atoms with van der Waals surface area (Å²) in [4.78, 5) is 15.2. The first-order valence-electron chi connectivity index (χ1n) is 8.03. The average Bonchev–Trinajstić information content (AvgIpc) is 3.21. The second kappa shape index (κ2) is 6.79. The Morgan fingerprint density at radius 1 is 1.25 bits per heavy atom. The number of aromatic nitrogens is 1. The lowest BCUT2D eigenvalue weighted by Gasteiger charge is -2.28. The number of aryl methyl sites for hydroxylation is 1. The monoisotopic (exact) mass is 365 g/mol. The summed E-state index contributed by atoms with van der Waals surface area (Å²) in [5.41, 5.74) is 1.88. The zero-order valence-electron chi connectivity index (χ0n) is 13.5. The molecule has 4 rings (SSSR count). The Morgan fingerprint density at radius 3 is 2.67 bits per heavy atom. The van der Waals surface area contributed by atoms with E-state index in [0.717, 1.165) is 19.6 Å². The first-order valence-corrected chi connectivity index (χ1v) is 8.41. The third-order valence-electron chi connectivity index (χ3n) is 5.16. The average molecular weight is 366 g/mol. The van der Waals surface area contributed by atoms with Crippen molar-refractivity contribution in [3.63, 3.8) is 0 Å². The zero-order chi connectivity index (χ0) is 16.0. The minimum atomic E-state index is 0. The van der Waals surface area contributed by atoms with Crippen LogP contribution in [0.3, 0.4) is 0 Å². The van der Waals surface area contributed by atoms with Crippen LogP contribution in [0.2, 0.25) is 5.02 Å². The Kier molecular flexibility index (Phi) is 4.90. The van der Waals surface area contributed by atoms with Crippen LogP contribution < -0.4 is 5.32 Å². The van der Waals surface area contributed by atoms with Crippen LogP contribution >= 0.6 is 24.0 Å². The van der Waals surface area contributed by atoms with E-state index in [9.17, 15) is 4.79 Å². The Labute approximate surface area is 153 Å². The van der Waals surface area contributed by atoms with Crippen molar-refractivity contribution in [3.8, 4) is 0 Å². The van der Waals surface area contributed by atoms with Crippen molar-refractivity contribution in [2.45, 2.75) is 6.04 Å². The number of carbonyl (C=O) groups is 1. The Balaban J connectivity index is 0.00000169. The Hall–Kier alpha value is -1.49. The van der Waals surface area contributed by atoms with Crippen LogP contribution in [-0.2, 0) is 7.05 Å². The summed E-state index contributed by atoms with van der Waals surface area (Å²) in [5, 5.41) is 4.08. The normalized spacial score (nSPS) is 25.4. The van der Waals surface area contributed by atoms with Gasteiger partial charge in [0.05, 0.1) is 11.1 Å². The fourth-order valence-corrected chi connectivity index (χ4v) is 4.34. The van der Waals surface area contributed by atoms with Gasteiger partial charge in [0, 0.05) is 38.8 Å². The molecule has 128 valence electrons. The van der Waals surface area contributed by atoms with Crippen molar-refractivity contribution in [1.82, 2.24) is 14.8 Å². The van der Waals surface area contributed by atoms with Gasteiger partial charge in [0.1, 0.15) is 5.69 Å². The molecule has 6 heteroatoms. The Morgan fingerprint density at radius 2 is 2.00 bits per heavy atom. The maximum Gasteiger partial charge on any atom is 0.271 e. The highest BCUT2D eigenvalue weighted by molar-refractivity contribution is 6.31. The summed E-state index contributed by atoms with van der Waals surface area (Å²) in [6.45, 7) is 2.77. The van der Waals surface area contributed by atoms with Crippen molar-refractivity contribution in [2.24, 2.45) is 18.9 Å². The van der Waals surface area contributed by atoms with Gasteiger partial charge in [-0.05, 0) is 17.5 Å². The standard InChI is InChI=1S/C18H20ClN3O.ClH/c1-21-11-14(19)7-16(21)18(23)22-10-13-8-20-9-15(13)17(22)12-5-3-2-4-6-12;/h2-7,11,13,15,17,20H,8-10H2,1H3;1H/t13-,15-,17+;/m0./s1. The summed E-state index contributed by atoms with van der Waals surface area (Å²) in [6, 6.07) is 12.3. The molecule has 1 aromatic heterocycles. The van der Waals surface area contributed by atoms with Gasteiger partial charge in [-0.25, -0.2) is 0 Å². The minimum Gasteiger partial charge on any atom is -0.345 e. The van der Waals surface area contributed by atoms with E-state index in [-0.39, 0.29) is 24.4 Å². The van der Waals surface area contributed by atoms with E-state index >= 15 is 0 Å². The highest BCUT2D eigenvalue weighted by atomic mass is 35.5. The molecular weight excluding hydrogens is 345 g/mol. The molecule has 0 bridgehead atoms. The largest absolute Gasteiger partial charge is 0.345 e. The summed E-state index contributed by atoms with van der Waals surface area (Å²) < 4.78 is 1.82. The van der Waals surface area contributed by atoms with Gasteiger partial charge < -0.3 is 14.8 Å². The molecule has 1 amide bonds. The van der Waals surface area contributed by atoms with E-state index < -0.39 is 0 Å². The number of rotatable bonds is 2. The zero-order valence-corrected chi connectivity index (χ0v) is 15.1. The van der Waals surface area contributed by atoms with Crippen molar-refractivity contribution in [1.29, 1.82) is 0 Å². The lowest BCUT2D eigenvalue weighted by atomic mass is 9.89. The summed E-state index contributed by atoms with van der Waals surface area (Å²) in [5.74, 6) is 1.08. The highest BCUT2D eigenvalue weighted by Gasteiger charge is 2.47. The van der Waals surface area contributed by atoms with Crippen LogP contribution in [0.4, 0.5) is 0 Å². The molecule has 0 unspecified atom stereocenters. The molecule has 0 radical (unpaired) electrons. The second-order valence-corrected chi connectivity index (χ2v) is 6.99. The van der Waals surface area contributed by atoms with E-state index in [2.05, 4.69) is 17.4 Å². The third kappa shape index (κ3) is 2.83. The number of amides is 1. The molecule has 2 aliphatic rings. The van der Waals surface area contributed by atoms with Crippen LogP contribution in [0.15, 0.2) is 42.6 Å². The number of fused-ring (bicyclic) bond motifs is 1. The number of nitrogens with zero attached hydrogens (tertiary/aromatic N) is 2. The van der Waals surface area contributed by atoms with Gasteiger partial charge in [-0.15, -0.1) is 12.4 Å². The molecule has 0 aliphatic carbocycles. The van der Waals surface area contributed by atoms with Gasteiger partial charge in [-0.3, -0.25) is 4.79 Å². The molecule has 24 heavy (non-hydrogen) atoms. The number of carbonyl (C=O) groups excluding carboxylic acids is 1. The molecule has 0 saturated carbocycles. The number of benzene rings is 1. The number of halogens is 2. The van der Waals surface area contributed by atoms with Gasteiger partial charge >= 0.3 is 0 Å². The molecule has 1 N–H and O–H groups in total. The van der Waals surface area contributed by atoms with Crippen LogP contribution in [0, 0.1) is 11.8 Å². The smallest absolute Gasteiger partial charge is 0.271 e. The van der Waals surface area contributed by atoms with Crippen LogP contribution in [0.5, 0.6) is 0 Å². The first-order chi connectivity index (χ1) is 11.1. The maximum atomic E-state index is 13.1. The molecule has 2 saturated heterocycles. The number of likely N-dealkylation sites (tertiary alicyclic amines) is 1. The molecule has 2 fully saturated rings. The number of hydrogen-bond acceptors (Lipinski definition) is 2. The van der Waals surface area contributed by atoms with E-state index in [4.69, 9.17) is 11.6 Å². The number of nitrogens with one attached hydrogen (secondary N) is 1. The molecule has 2 aromatic rings. The lowest BCUT2D eigenvalue weighted by Crippen LogP contribution is -2.35. The minimum absolute atomic E-state index is 0. The van der Waals surface area contributed by atoms with E-state index in [0.29, 0.717) is 22.6 Å². The van der Waals surface area contributed by atoms with Crippen molar-refractivity contribution in [2.75, 3.05) is 19.6 Å². The van der Waals surface area contributed by atoms with Gasteiger partial charge in [0.2, 0.25) is 0 Å². The van der Waals surface area contributed by atoms with Crippen LogP contribution in [0.25, 0.3) is 0 Å². The molecule has 3 heterocycles. The van der Waals surface area contributed by atoms with Crippen molar-refractivity contribution < 1.29 is 4.79 Å². The number of hydrogen-bond donors (Lipinski definition) is 1. The molecule has 0 spiro atoms. The topological polar surface area (TPSA) is 37.3 Å². The van der Waals surface area contributed by atoms with Crippen molar-refractivity contribution >= 4 is 29.9 Å². The van der Waals surface area contributed by atoms with E-state index in [1.54, 1.807) is 12.3 Å². The summed E-state index contributed by atoms with van der Waals surface area (Å²) >= 11 is 6.06. The maximum absolute atomic E-state index is 13.1. The van der Waals surface area contributed by atoms with Gasteiger partial charge in [0.25, 0.3) is 5.91 Å². The SMILES string of the molecule is Cl.Cn1cc(Cl)cc1C(=O)N1C[C@@H]2CNC[C@@H]2[C@H]1c1ccccc1. The highest BCUT2D eigenvalue weighted by Crippen LogP contribution is 2.43. The molecular formula is C18H21Cl2N3O. The quantitative estimate of drug-likeness (QED) is 0.887. The summed E-state index contributed by atoms with van der Waals surface area (Å²) in [7, 11) is 1.87. The molecule has 4 nitrogen and oxygen atoms in total. The fraction of sp³-hybridized carbons (Fsp3) is 0.389. The third-order valence-corrected chi connectivity index (χ3v) is 5.36. The predicted molar refractivity (Wildman–Crippen MR) is 97.7 cm³/mol. The Bertz CT molecular complexity index is 731. The lowest BCUT2D eigenvalue weighted by molar-refractivity contribution is 0.0704.